The Balaban J connectivity index is 1.35. The summed E-state index contributed by atoms with van der Waals surface area (Å²) in [6, 6.07) is -0.208. The zero-order valence-corrected chi connectivity index (χ0v) is 19.2. The smallest absolute Gasteiger partial charge is 0.315 e. The Bertz CT molecular complexity index is 1070. The van der Waals surface area contributed by atoms with E-state index in [1.807, 2.05) is 13.0 Å². The molecule has 1 aromatic heterocycles. The number of nitrogens with one attached hydrogen (secondary N) is 3. The molecule has 1 aromatic rings. The van der Waals surface area contributed by atoms with Crippen LogP contribution in [0.1, 0.15) is 31.7 Å². The number of nitrogens with zero attached hydrogens (tertiary/aromatic N) is 2. The Morgan fingerprint density at radius 2 is 2.16 bits per heavy atom. The number of fused-ring (bicyclic) bond motifs is 1. The maximum absolute atomic E-state index is 12.2. The van der Waals surface area contributed by atoms with Crippen LogP contribution in [0.3, 0.4) is 0 Å². The first kappa shape index (κ1) is 22.1. The molecule has 0 aromatic carbocycles. The predicted molar refractivity (Wildman–Crippen MR) is 127 cm³/mol. The average molecular weight is 454 g/mol. The molecule has 0 bridgehead atoms. The Hall–Kier alpha value is -3.12. The van der Waals surface area contributed by atoms with E-state index in [2.05, 4.69) is 37.4 Å². The van der Waals surface area contributed by atoms with Crippen LogP contribution in [-0.4, -0.2) is 49.4 Å². The number of aliphatic imine (C=N–C) groups is 1. The van der Waals surface area contributed by atoms with Gasteiger partial charge in [0.25, 0.3) is 0 Å². The van der Waals surface area contributed by atoms with Gasteiger partial charge >= 0.3 is 6.03 Å². The summed E-state index contributed by atoms with van der Waals surface area (Å²) in [7, 11) is 1.63. The van der Waals surface area contributed by atoms with Gasteiger partial charge in [-0.25, -0.2) is 9.78 Å². The molecule has 4 rings (SSSR count). The summed E-state index contributed by atoms with van der Waals surface area (Å²) in [5, 5.41) is 10.2. The molecular weight excluding hydrogens is 426 g/mol. The van der Waals surface area contributed by atoms with Gasteiger partial charge in [-0.2, -0.15) is 0 Å². The number of urea groups is 1. The highest BCUT2D eigenvalue weighted by molar-refractivity contribution is 8.17. The highest BCUT2D eigenvalue weighted by atomic mass is 32.2. The second-order valence-electron chi connectivity index (χ2n) is 7.41. The molecule has 1 aliphatic carbocycles. The van der Waals surface area contributed by atoms with E-state index in [1.54, 1.807) is 25.1 Å². The molecule has 3 heterocycles. The first-order valence-electron chi connectivity index (χ1n) is 10.8. The average Bonchev–Trinajstić information content (AvgIpc) is 3.02. The molecule has 2 aliphatic heterocycles. The van der Waals surface area contributed by atoms with Gasteiger partial charge in [0, 0.05) is 22.7 Å². The minimum Gasteiger partial charge on any atom is -0.490 e. The van der Waals surface area contributed by atoms with Gasteiger partial charge in [-0.15, -0.1) is 0 Å². The lowest BCUT2D eigenvalue weighted by molar-refractivity contribution is 0.243. The molecule has 32 heavy (non-hydrogen) atoms. The van der Waals surface area contributed by atoms with Gasteiger partial charge in [0.1, 0.15) is 0 Å². The van der Waals surface area contributed by atoms with E-state index < -0.39 is 0 Å². The van der Waals surface area contributed by atoms with Gasteiger partial charge in [-0.05, 0) is 44.3 Å². The molecule has 3 N–H and O–H groups in total. The van der Waals surface area contributed by atoms with Crippen molar-refractivity contribution in [3.63, 3.8) is 0 Å². The zero-order chi connectivity index (χ0) is 22.3. The number of aromatic nitrogens is 1. The summed E-state index contributed by atoms with van der Waals surface area (Å²) in [5.74, 6) is 1.33. The van der Waals surface area contributed by atoms with Gasteiger partial charge < -0.3 is 25.4 Å². The van der Waals surface area contributed by atoms with Crippen LogP contribution in [-0.2, 0) is 6.42 Å². The van der Waals surface area contributed by atoms with Crippen LogP contribution < -0.4 is 25.4 Å². The second kappa shape index (κ2) is 10.5. The van der Waals surface area contributed by atoms with Crippen molar-refractivity contribution in [2.24, 2.45) is 4.99 Å². The Morgan fingerprint density at radius 3 is 2.94 bits per heavy atom. The minimum atomic E-state index is -0.208. The lowest BCUT2D eigenvalue weighted by atomic mass is 10.1. The standard InChI is InChI=1S/C23H27N5O3S/c1-3-31-18-13-25-22(30-2)16-9-10-19-17(28-21(16)18)12-24-20(32-19)14-27-23(29)26-11-15-7-5-4-6-8-15/h4,13,28H,3,5,7,9-12,14H2,1-2H3,(H2,26,27,29). The number of allylic oxidation sites excluding steroid dienone is 2. The maximum Gasteiger partial charge on any atom is 0.315 e. The molecule has 0 fully saturated rings. The number of hydrogen-bond donors (Lipinski definition) is 3. The van der Waals surface area contributed by atoms with E-state index >= 15 is 0 Å². The number of anilines is 1. The maximum atomic E-state index is 12.2. The number of pyridine rings is 1. The highest BCUT2D eigenvalue weighted by Gasteiger charge is 2.26. The van der Waals surface area contributed by atoms with E-state index in [4.69, 9.17) is 9.47 Å². The molecule has 0 atom stereocenters. The highest BCUT2D eigenvalue weighted by Crippen LogP contribution is 2.41. The fourth-order valence-corrected chi connectivity index (χ4v) is 4.68. The number of ether oxygens (including phenoxy) is 2. The number of methoxy groups -OCH3 is 1. The minimum absolute atomic E-state index is 0.208. The molecule has 9 heteroatoms. The second-order valence-corrected chi connectivity index (χ2v) is 8.58. The largest absolute Gasteiger partial charge is 0.490 e. The van der Waals surface area contributed by atoms with Crippen molar-refractivity contribution in [3.05, 3.63) is 45.5 Å². The number of amides is 2. The topological polar surface area (TPSA) is 96.9 Å². The number of rotatable bonds is 7. The third-order valence-corrected chi connectivity index (χ3v) is 6.48. The Kier molecular flexibility index (Phi) is 7.22. The molecule has 0 saturated carbocycles. The predicted octanol–water partition coefficient (Wildman–Crippen LogP) is 3.53. The van der Waals surface area contributed by atoms with E-state index in [1.165, 1.54) is 4.91 Å². The van der Waals surface area contributed by atoms with Gasteiger partial charge in [-0.1, -0.05) is 23.2 Å². The SMILES string of the molecule is CCOc1cnc(OC)c2c1NC1=C(CC2)SC(CNC(=O)NCC2=C=C=CCC2)=NC1. The molecule has 2 amide bonds. The van der Waals surface area contributed by atoms with Crippen LogP contribution in [0.25, 0.3) is 0 Å². The lowest BCUT2D eigenvalue weighted by Gasteiger charge is -2.20. The summed E-state index contributed by atoms with van der Waals surface area (Å²) >= 11 is 1.61. The molecule has 3 aliphatic rings. The fraction of sp³-hybridized carbons (Fsp3) is 0.435. The van der Waals surface area contributed by atoms with Crippen LogP contribution >= 0.6 is 11.8 Å². The fourth-order valence-electron chi connectivity index (χ4n) is 3.68. The number of hydrogen-bond acceptors (Lipinski definition) is 7. The van der Waals surface area contributed by atoms with Crippen molar-refractivity contribution in [3.8, 4) is 11.6 Å². The number of carbonyl (C=O) groups is 1. The van der Waals surface area contributed by atoms with Crippen molar-refractivity contribution in [2.45, 2.75) is 32.6 Å². The summed E-state index contributed by atoms with van der Waals surface area (Å²) < 4.78 is 11.3. The normalized spacial score (nSPS) is 16.7. The van der Waals surface area contributed by atoms with Gasteiger partial charge in [0.15, 0.2) is 5.75 Å². The molecule has 0 unspecified atom stereocenters. The molecule has 0 saturated heterocycles. The molecule has 168 valence electrons. The summed E-state index contributed by atoms with van der Waals surface area (Å²) in [4.78, 5) is 22.4. The van der Waals surface area contributed by atoms with E-state index in [9.17, 15) is 4.79 Å². The third-order valence-electron chi connectivity index (χ3n) is 5.27. The van der Waals surface area contributed by atoms with Crippen LogP contribution in [0, 0.1) is 0 Å². The van der Waals surface area contributed by atoms with E-state index in [0.717, 1.165) is 53.2 Å². The van der Waals surface area contributed by atoms with E-state index in [-0.39, 0.29) is 6.03 Å². The Labute approximate surface area is 192 Å². The molecule has 0 radical (unpaired) electrons. The number of thioether (sulfide) groups is 1. The van der Waals surface area contributed by atoms with Crippen molar-refractivity contribution >= 4 is 28.5 Å². The van der Waals surface area contributed by atoms with Crippen molar-refractivity contribution in [2.75, 3.05) is 38.7 Å². The van der Waals surface area contributed by atoms with Crippen LogP contribution in [0.4, 0.5) is 10.5 Å². The van der Waals surface area contributed by atoms with Crippen molar-refractivity contribution in [1.82, 2.24) is 15.6 Å². The van der Waals surface area contributed by atoms with Gasteiger partial charge in [0.05, 0.1) is 43.7 Å². The van der Waals surface area contributed by atoms with Crippen LogP contribution in [0.2, 0.25) is 0 Å². The summed E-state index contributed by atoms with van der Waals surface area (Å²) in [6.45, 7) is 3.92. The van der Waals surface area contributed by atoms with Gasteiger partial charge in [0.2, 0.25) is 5.88 Å². The van der Waals surface area contributed by atoms with Gasteiger partial charge in [-0.3, -0.25) is 4.99 Å². The molecular formula is C23H27N5O3S. The van der Waals surface area contributed by atoms with E-state index in [0.29, 0.717) is 37.9 Å². The first-order valence-corrected chi connectivity index (χ1v) is 11.6. The van der Waals surface area contributed by atoms with Crippen molar-refractivity contribution in [1.29, 1.82) is 0 Å². The molecule has 8 nitrogen and oxygen atoms in total. The first-order chi connectivity index (χ1) is 15.7. The number of carbonyl (C=O) groups excluding carboxylic acids is 1. The zero-order valence-electron chi connectivity index (χ0n) is 18.3. The molecule has 0 spiro atoms. The summed E-state index contributed by atoms with van der Waals surface area (Å²) in [5.41, 5.74) is 10.0. The lowest BCUT2D eigenvalue weighted by Crippen LogP contribution is -2.39. The van der Waals surface area contributed by atoms with Crippen molar-refractivity contribution < 1.29 is 14.3 Å². The van der Waals surface area contributed by atoms with Crippen LogP contribution in [0.15, 0.2) is 44.9 Å². The third kappa shape index (κ3) is 5.19. The quantitative estimate of drug-likeness (QED) is 0.547. The monoisotopic (exact) mass is 453 g/mol. The Morgan fingerprint density at radius 1 is 1.28 bits per heavy atom. The van der Waals surface area contributed by atoms with Crippen LogP contribution in [0.5, 0.6) is 11.6 Å². The summed E-state index contributed by atoms with van der Waals surface area (Å²) in [6.07, 6.45) is 7.13.